The van der Waals surface area contributed by atoms with E-state index in [0.29, 0.717) is 33.0 Å². The molecule has 0 aromatic heterocycles. The highest BCUT2D eigenvalue weighted by atomic mass is 32.2. The summed E-state index contributed by atoms with van der Waals surface area (Å²) in [4.78, 5) is 25.9. The summed E-state index contributed by atoms with van der Waals surface area (Å²) in [6.45, 7) is 5.22. The Kier molecular flexibility index (Phi) is 9.15. The molecule has 1 heterocycles. The number of rotatable bonds is 11. The Balaban J connectivity index is 1.45. The van der Waals surface area contributed by atoms with Crippen LogP contribution in [-0.2, 0) is 11.3 Å². The van der Waals surface area contributed by atoms with E-state index in [1.165, 1.54) is 40.4 Å². The first-order chi connectivity index (χ1) is 18.4. The van der Waals surface area contributed by atoms with Crippen LogP contribution in [-0.4, -0.2) is 33.3 Å². The van der Waals surface area contributed by atoms with Crippen molar-refractivity contribution in [3.8, 4) is 11.5 Å². The highest BCUT2D eigenvalue weighted by molar-refractivity contribution is 8.26. The summed E-state index contributed by atoms with van der Waals surface area (Å²) in [5.74, 6) is 1.41. The molecule has 1 amide bonds. The molecule has 4 rings (SSSR count). The Bertz CT molecular complexity index is 1340. The van der Waals surface area contributed by atoms with E-state index in [-0.39, 0.29) is 24.8 Å². The van der Waals surface area contributed by atoms with Crippen molar-refractivity contribution in [2.75, 3.05) is 13.2 Å². The molecule has 196 valence electrons. The van der Waals surface area contributed by atoms with Gasteiger partial charge < -0.3 is 9.47 Å². The minimum absolute atomic E-state index is 0.0963. The summed E-state index contributed by atoms with van der Waals surface area (Å²) in [7, 11) is 0. The van der Waals surface area contributed by atoms with Crippen LogP contribution >= 0.6 is 24.0 Å². The van der Waals surface area contributed by atoms with Crippen molar-refractivity contribution in [1.29, 1.82) is 0 Å². The van der Waals surface area contributed by atoms with E-state index >= 15 is 0 Å². The molecular formula is C29H28N2O5S2. The number of benzene rings is 3. The molecule has 0 N–H and O–H groups in total. The fraction of sp³-hybridized carbons (Fsp3) is 0.241. The zero-order valence-electron chi connectivity index (χ0n) is 21.2. The smallest absolute Gasteiger partial charge is 0.270 e. The van der Waals surface area contributed by atoms with Gasteiger partial charge in [0.2, 0.25) is 0 Å². The van der Waals surface area contributed by atoms with Gasteiger partial charge in [0.05, 0.1) is 16.4 Å². The lowest BCUT2D eigenvalue weighted by Gasteiger charge is -2.14. The normalized spacial score (nSPS) is 15.1. The first kappa shape index (κ1) is 27.3. The number of nitrogens with zero attached hydrogens (tertiary/aromatic N) is 2. The van der Waals surface area contributed by atoms with Gasteiger partial charge in [-0.25, -0.2) is 0 Å². The van der Waals surface area contributed by atoms with Gasteiger partial charge in [-0.1, -0.05) is 80.3 Å². The van der Waals surface area contributed by atoms with Crippen LogP contribution in [0.25, 0.3) is 6.08 Å². The summed E-state index contributed by atoms with van der Waals surface area (Å²) in [5, 5.41) is 11.4. The van der Waals surface area contributed by atoms with Crippen LogP contribution in [0.15, 0.2) is 77.7 Å². The number of hydrogen-bond acceptors (Lipinski definition) is 7. The molecule has 1 fully saturated rings. The lowest BCUT2D eigenvalue weighted by Crippen LogP contribution is -2.27. The van der Waals surface area contributed by atoms with Gasteiger partial charge in [0.15, 0.2) is 0 Å². The van der Waals surface area contributed by atoms with E-state index in [1.54, 1.807) is 6.08 Å². The quantitative estimate of drug-likeness (QED) is 0.0841. The molecule has 1 saturated heterocycles. The number of nitro groups is 1. The maximum Gasteiger partial charge on any atom is 0.270 e. The van der Waals surface area contributed by atoms with Crippen LogP contribution < -0.4 is 9.47 Å². The number of carbonyl (C=O) groups is 1. The lowest BCUT2D eigenvalue weighted by molar-refractivity contribution is -0.384. The van der Waals surface area contributed by atoms with Crippen LogP contribution in [0.1, 0.15) is 42.9 Å². The van der Waals surface area contributed by atoms with Crippen LogP contribution in [0.5, 0.6) is 11.5 Å². The monoisotopic (exact) mass is 548 g/mol. The molecule has 3 aromatic rings. The Morgan fingerprint density at radius 3 is 2.45 bits per heavy atom. The highest BCUT2D eigenvalue weighted by Crippen LogP contribution is 2.36. The van der Waals surface area contributed by atoms with Crippen molar-refractivity contribution in [1.82, 2.24) is 4.90 Å². The van der Waals surface area contributed by atoms with Gasteiger partial charge in [-0.3, -0.25) is 19.8 Å². The van der Waals surface area contributed by atoms with Gasteiger partial charge in [0.25, 0.3) is 11.6 Å². The second kappa shape index (κ2) is 12.7. The maximum absolute atomic E-state index is 13.1. The molecule has 38 heavy (non-hydrogen) atoms. The Morgan fingerprint density at radius 2 is 1.76 bits per heavy atom. The summed E-state index contributed by atoms with van der Waals surface area (Å²) >= 11 is 6.61. The SMILES string of the molecule is CCC(C)c1ccc(OCCOc2ccc([N+](=O)[O-])cc2/C=C2\SC(=S)N(Cc3ccccc3)C2=O)cc1. The number of thioether (sulfide) groups is 1. The molecular weight excluding hydrogens is 520 g/mol. The third-order valence-corrected chi connectivity index (χ3v) is 7.60. The lowest BCUT2D eigenvalue weighted by atomic mass is 9.99. The fourth-order valence-corrected chi connectivity index (χ4v) is 5.12. The standard InChI is InChI=1S/C29H28N2O5S2/c1-3-20(2)22-9-12-25(13-10-22)35-15-16-36-26-14-11-24(31(33)34)17-23(26)18-27-28(32)30(29(37)38-27)19-21-7-5-4-6-8-21/h4-14,17-18,20H,3,15-16,19H2,1-2H3/b27-18-. The molecule has 1 unspecified atom stereocenters. The summed E-state index contributed by atoms with van der Waals surface area (Å²) in [6.07, 6.45) is 2.67. The minimum Gasteiger partial charge on any atom is -0.490 e. The number of thiocarbonyl (C=S) groups is 1. The van der Waals surface area contributed by atoms with Crippen molar-refractivity contribution in [2.45, 2.75) is 32.7 Å². The summed E-state index contributed by atoms with van der Waals surface area (Å²) in [5.41, 5.74) is 2.55. The molecule has 9 heteroatoms. The van der Waals surface area contributed by atoms with E-state index in [0.717, 1.165) is 17.7 Å². The van der Waals surface area contributed by atoms with Crippen molar-refractivity contribution >= 4 is 46.0 Å². The topological polar surface area (TPSA) is 81.9 Å². The van der Waals surface area contributed by atoms with E-state index in [1.807, 2.05) is 42.5 Å². The fourth-order valence-electron chi connectivity index (χ4n) is 3.88. The average molecular weight is 549 g/mol. The number of carbonyl (C=O) groups excluding carboxylic acids is 1. The van der Waals surface area contributed by atoms with Crippen molar-refractivity contribution in [3.63, 3.8) is 0 Å². The van der Waals surface area contributed by atoms with Gasteiger partial charge in [-0.2, -0.15) is 0 Å². The Hall–Kier alpha value is -3.69. The molecule has 1 aliphatic heterocycles. The van der Waals surface area contributed by atoms with Crippen LogP contribution in [0.3, 0.4) is 0 Å². The highest BCUT2D eigenvalue weighted by Gasteiger charge is 2.32. The predicted octanol–water partition coefficient (Wildman–Crippen LogP) is 6.97. The maximum atomic E-state index is 13.1. The van der Waals surface area contributed by atoms with E-state index in [4.69, 9.17) is 21.7 Å². The second-order valence-electron chi connectivity index (χ2n) is 8.81. The molecule has 1 aliphatic rings. The Morgan fingerprint density at radius 1 is 1.05 bits per heavy atom. The van der Waals surface area contributed by atoms with Gasteiger partial charge in [0, 0.05) is 17.7 Å². The van der Waals surface area contributed by atoms with Crippen molar-refractivity contribution in [3.05, 3.63) is 105 Å². The zero-order valence-corrected chi connectivity index (χ0v) is 22.8. The molecule has 0 aliphatic carbocycles. The third kappa shape index (κ3) is 6.79. The number of amides is 1. The minimum atomic E-state index is -0.478. The van der Waals surface area contributed by atoms with Crippen molar-refractivity contribution < 1.29 is 19.2 Å². The zero-order chi connectivity index (χ0) is 27.1. The molecule has 0 bridgehead atoms. The first-order valence-electron chi connectivity index (χ1n) is 12.3. The van der Waals surface area contributed by atoms with Crippen LogP contribution in [0, 0.1) is 10.1 Å². The number of hydrogen-bond donors (Lipinski definition) is 0. The second-order valence-corrected chi connectivity index (χ2v) is 10.5. The van der Waals surface area contributed by atoms with Crippen LogP contribution in [0.2, 0.25) is 0 Å². The molecule has 0 radical (unpaired) electrons. The average Bonchev–Trinajstić information content (AvgIpc) is 3.19. The van der Waals surface area contributed by atoms with Gasteiger partial charge in [-0.15, -0.1) is 0 Å². The predicted molar refractivity (Wildman–Crippen MR) is 154 cm³/mol. The van der Waals surface area contributed by atoms with Crippen LogP contribution in [0.4, 0.5) is 5.69 Å². The molecule has 1 atom stereocenters. The molecule has 3 aromatic carbocycles. The Labute approximate surface area is 231 Å². The van der Waals surface area contributed by atoms with E-state index in [2.05, 4.69) is 26.0 Å². The molecule has 0 saturated carbocycles. The van der Waals surface area contributed by atoms with Crippen molar-refractivity contribution in [2.24, 2.45) is 0 Å². The third-order valence-electron chi connectivity index (χ3n) is 6.22. The number of nitro benzene ring substituents is 1. The molecule has 0 spiro atoms. The van der Waals surface area contributed by atoms with E-state index in [9.17, 15) is 14.9 Å². The summed E-state index contributed by atoms with van der Waals surface area (Å²) in [6, 6.07) is 21.9. The summed E-state index contributed by atoms with van der Waals surface area (Å²) < 4.78 is 12.1. The number of non-ortho nitro benzene ring substituents is 1. The van der Waals surface area contributed by atoms with E-state index < -0.39 is 4.92 Å². The number of ether oxygens (including phenoxy) is 2. The largest absolute Gasteiger partial charge is 0.490 e. The first-order valence-corrected chi connectivity index (χ1v) is 13.5. The van der Waals surface area contributed by atoms with Gasteiger partial charge >= 0.3 is 0 Å². The van der Waals surface area contributed by atoms with Gasteiger partial charge in [-0.05, 0) is 47.7 Å². The van der Waals surface area contributed by atoms with Gasteiger partial charge in [0.1, 0.15) is 29.0 Å². The molecule has 7 nitrogen and oxygen atoms in total.